The topological polar surface area (TPSA) is 0 Å². The van der Waals surface area contributed by atoms with Gasteiger partial charge in [0.25, 0.3) is 0 Å². The van der Waals surface area contributed by atoms with Crippen molar-refractivity contribution in [1.82, 2.24) is 0 Å². The third kappa shape index (κ3) is 3.12. The first-order chi connectivity index (χ1) is 22.4. The quantitative estimate of drug-likeness (QED) is 0.175. The molecule has 8 aromatic carbocycles. The van der Waals surface area contributed by atoms with Crippen LogP contribution in [-0.4, -0.2) is 0 Å². The third-order valence-corrected chi connectivity index (χ3v) is 10.7. The molecule has 0 saturated heterocycles. The number of rotatable bonds is 2. The van der Waals surface area contributed by atoms with E-state index < -0.39 is 11.3 Å². The molecule has 0 spiro atoms. The Bertz CT molecular complexity index is 2390. The molecule has 0 aromatic heterocycles. The molecule has 0 nitrogen and oxygen atoms in total. The van der Waals surface area contributed by atoms with Crippen molar-refractivity contribution in [3.05, 3.63) is 156 Å². The van der Waals surface area contributed by atoms with Gasteiger partial charge < -0.3 is 0 Å². The summed E-state index contributed by atoms with van der Waals surface area (Å²) in [7, 11) is 0. The Morgan fingerprint density at radius 2 is 0.783 bits per heavy atom. The first kappa shape index (κ1) is 25.9. The first-order valence-corrected chi connectivity index (χ1v) is 15.9. The van der Waals surface area contributed by atoms with Crippen LogP contribution < -0.4 is 0 Å². The summed E-state index contributed by atoms with van der Waals surface area (Å²) in [5.74, 6) is 0. The third-order valence-electron chi connectivity index (χ3n) is 10.7. The van der Waals surface area contributed by atoms with Crippen LogP contribution in [-0.2, 0) is 11.3 Å². The van der Waals surface area contributed by atoms with Crippen molar-refractivity contribution in [2.45, 2.75) is 25.2 Å². The van der Waals surface area contributed by atoms with Crippen LogP contribution in [0.25, 0.3) is 76.8 Å². The van der Waals surface area contributed by atoms with Crippen LogP contribution >= 0.6 is 0 Å². The highest BCUT2D eigenvalue weighted by Crippen LogP contribution is 2.61. The number of halogens is 2. The molecule has 0 N–H and O–H groups in total. The molecule has 46 heavy (non-hydrogen) atoms. The molecule has 10 rings (SSSR count). The summed E-state index contributed by atoms with van der Waals surface area (Å²) in [4.78, 5) is 0. The van der Waals surface area contributed by atoms with Gasteiger partial charge in [-0.3, -0.25) is 0 Å². The van der Waals surface area contributed by atoms with Crippen LogP contribution in [0, 0.1) is 0 Å². The number of hydrogen-bond donors (Lipinski definition) is 0. The summed E-state index contributed by atoms with van der Waals surface area (Å²) in [6.45, 7) is 3.38. The van der Waals surface area contributed by atoms with Crippen molar-refractivity contribution in [2.75, 3.05) is 0 Å². The SMILES string of the molecule is CC1(F)c2ccc(-c3ccccc3)cc2-c2c1c1cccc3c4c(c5cccc2c5c13)-c1cc(-c2ccccc2)ccc1C4(C)F. The van der Waals surface area contributed by atoms with E-state index in [2.05, 4.69) is 54.6 Å². The zero-order valence-corrected chi connectivity index (χ0v) is 25.5. The largest absolute Gasteiger partial charge is 0.234 e. The smallest absolute Gasteiger partial charge is 0.160 e. The highest BCUT2D eigenvalue weighted by Gasteiger charge is 2.46. The van der Waals surface area contributed by atoms with Crippen molar-refractivity contribution in [3.63, 3.8) is 0 Å². The van der Waals surface area contributed by atoms with E-state index in [1.54, 1.807) is 13.8 Å². The summed E-state index contributed by atoms with van der Waals surface area (Å²) in [6.07, 6.45) is 0. The highest BCUT2D eigenvalue weighted by molar-refractivity contribution is 6.32. The Kier molecular flexibility index (Phi) is 4.89. The lowest BCUT2D eigenvalue weighted by Crippen LogP contribution is -2.15. The van der Waals surface area contributed by atoms with Gasteiger partial charge in [0.05, 0.1) is 0 Å². The number of hydrogen-bond acceptors (Lipinski definition) is 0. The highest BCUT2D eigenvalue weighted by atomic mass is 19.1. The van der Waals surface area contributed by atoms with Crippen molar-refractivity contribution in [1.29, 1.82) is 0 Å². The van der Waals surface area contributed by atoms with Crippen LogP contribution in [0.15, 0.2) is 133 Å². The van der Waals surface area contributed by atoms with Crippen LogP contribution in [0.4, 0.5) is 8.78 Å². The Labute approximate surface area is 265 Å². The normalized spacial score (nSPS) is 19.5. The molecule has 2 atom stereocenters. The Morgan fingerprint density at radius 3 is 1.22 bits per heavy atom. The lowest BCUT2D eigenvalue weighted by molar-refractivity contribution is 0.261. The summed E-state index contributed by atoms with van der Waals surface area (Å²) >= 11 is 0. The fourth-order valence-electron chi connectivity index (χ4n) is 8.76. The summed E-state index contributed by atoms with van der Waals surface area (Å²) in [5.41, 5.74) is 7.38. The molecular weight excluding hydrogens is 566 g/mol. The summed E-state index contributed by atoms with van der Waals surface area (Å²) in [5, 5.41) is 5.77. The van der Waals surface area contributed by atoms with E-state index in [0.29, 0.717) is 22.3 Å². The van der Waals surface area contributed by atoms with Gasteiger partial charge in [-0.05, 0) is 103 Å². The molecule has 0 saturated carbocycles. The van der Waals surface area contributed by atoms with Crippen molar-refractivity contribution < 1.29 is 8.78 Å². The van der Waals surface area contributed by atoms with Crippen LogP contribution in [0.5, 0.6) is 0 Å². The second-order valence-electron chi connectivity index (χ2n) is 13.2. The average Bonchev–Trinajstić information content (AvgIpc) is 3.48. The molecular formula is C44H28F2. The van der Waals surface area contributed by atoms with Crippen molar-refractivity contribution in [3.8, 4) is 44.5 Å². The predicted octanol–water partition coefficient (Wildman–Crippen LogP) is 12.3. The van der Waals surface area contributed by atoms with Crippen LogP contribution in [0.2, 0.25) is 0 Å². The lowest BCUT2D eigenvalue weighted by Gasteiger charge is -2.25. The molecule has 2 aliphatic rings. The molecule has 0 bridgehead atoms. The van der Waals surface area contributed by atoms with E-state index in [9.17, 15) is 0 Å². The Morgan fingerprint density at radius 1 is 0.391 bits per heavy atom. The predicted molar refractivity (Wildman–Crippen MR) is 187 cm³/mol. The van der Waals surface area contributed by atoms with Crippen LogP contribution in [0.1, 0.15) is 36.1 Å². The van der Waals surface area contributed by atoms with Gasteiger partial charge in [0.1, 0.15) is 0 Å². The number of alkyl halides is 2. The summed E-state index contributed by atoms with van der Waals surface area (Å²) in [6, 6.07) is 45.2. The van der Waals surface area contributed by atoms with E-state index in [0.717, 1.165) is 76.8 Å². The van der Waals surface area contributed by atoms with Gasteiger partial charge in [-0.2, -0.15) is 0 Å². The van der Waals surface area contributed by atoms with Gasteiger partial charge in [0.15, 0.2) is 11.3 Å². The second kappa shape index (κ2) is 8.68. The average molecular weight is 595 g/mol. The van der Waals surface area contributed by atoms with Gasteiger partial charge in [-0.15, -0.1) is 0 Å². The standard InChI is InChI=1S/C44H28F2/c1-43(45)35-21-19-27(25-11-5-3-6-12-25)23-33(35)39-29-15-9-16-30-37(29)38-31(41(39)43)17-10-18-32(38)42-40(30)34-24-28(26-13-7-4-8-14-26)20-22-36(34)44(42,2)46/h3-24H,1-2H3. The molecule has 8 aromatic rings. The fraction of sp³-hybridized carbons (Fsp3) is 0.0909. The lowest BCUT2D eigenvalue weighted by atomic mass is 9.80. The maximum absolute atomic E-state index is 17.4. The molecule has 218 valence electrons. The monoisotopic (exact) mass is 594 g/mol. The van der Waals surface area contributed by atoms with Crippen molar-refractivity contribution in [2.24, 2.45) is 0 Å². The minimum atomic E-state index is -1.71. The van der Waals surface area contributed by atoms with E-state index in [1.165, 1.54) is 0 Å². The minimum absolute atomic E-state index is 0.680. The van der Waals surface area contributed by atoms with Gasteiger partial charge in [0, 0.05) is 22.3 Å². The molecule has 2 unspecified atom stereocenters. The molecule has 0 fully saturated rings. The van der Waals surface area contributed by atoms with Gasteiger partial charge >= 0.3 is 0 Å². The molecule has 2 heteroatoms. The van der Waals surface area contributed by atoms with Crippen LogP contribution in [0.3, 0.4) is 0 Å². The number of benzene rings is 8. The molecule has 0 heterocycles. The molecule has 0 amide bonds. The maximum atomic E-state index is 17.4. The van der Waals surface area contributed by atoms with E-state index in [4.69, 9.17) is 0 Å². The summed E-state index contributed by atoms with van der Waals surface area (Å²) < 4.78 is 34.8. The fourth-order valence-corrected chi connectivity index (χ4v) is 8.76. The molecule has 0 aliphatic heterocycles. The van der Waals surface area contributed by atoms with Gasteiger partial charge in [-0.1, -0.05) is 121 Å². The number of fused-ring (bicyclic) bond motifs is 10. The minimum Gasteiger partial charge on any atom is -0.234 e. The zero-order chi connectivity index (χ0) is 30.9. The van der Waals surface area contributed by atoms with E-state index in [-0.39, 0.29) is 0 Å². The Hall–Kier alpha value is -5.34. The first-order valence-electron chi connectivity index (χ1n) is 15.9. The van der Waals surface area contributed by atoms with E-state index in [1.807, 2.05) is 78.9 Å². The second-order valence-corrected chi connectivity index (χ2v) is 13.2. The molecule has 0 radical (unpaired) electrons. The molecule has 2 aliphatic carbocycles. The maximum Gasteiger partial charge on any atom is 0.160 e. The van der Waals surface area contributed by atoms with E-state index >= 15 is 8.78 Å². The van der Waals surface area contributed by atoms with Gasteiger partial charge in [-0.25, -0.2) is 8.78 Å². The van der Waals surface area contributed by atoms with Crippen molar-refractivity contribution >= 4 is 32.3 Å². The Balaban J connectivity index is 1.36. The van der Waals surface area contributed by atoms with Gasteiger partial charge in [0.2, 0.25) is 0 Å². The zero-order valence-electron chi connectivity index (χ0n) is 25.5.